The van der Waals surface area contributed by atoms with Gasteiger partial charge < -0.3 is 10.6 Å². The molecule has 2 aromatic rings. The third kappa shape index (κ3) is 3.41. The lowest BCUT2D eigenvalue weighted by Gasteiger charge is -2.05. The Morgan fingerprint density at radius 1 is 1.14 bits per heavy atom. The van der Waals surface area contributed by atoms with Crippen LogP contribution in [0.3, 0.4) is 0 Å². The molecule has 7 heteroatoms. The van der Waals surface area contributed by atoms with Crippen LogP contribution in [-0.4, -0.2) is 34.9 Å². The first-order valence-electron chi connectivity index (χ1n) is 7.23. The van der Waals surface area contributed by atoms with Crippen LogP contribution >= 0.6 is 11.3 Å². The Morgan fingerprint density at radius 3 is 2.55 bits per heavy atom. The molecule has 22 heavy (non-hydrogen) atoms. The second-order valence-electron chi connectivity index (χ2n) is 5.13. The number of hydrogen-bond donors (Lipinski definition) is 2. The molecule has 0 aromatic carbocycles. The predicted octanol–water partition coefficient (Wildman–Crippen LogP) is 1.87. The highest BCUT2D eigenvalue weighted by atomic mass is 32.1. The van der Waals surface area contributed by atoms with Crippen LogP contribution in [0.2, 0.25) is 0 Å². The number of carbonyl (C=O) groups excluding carboxylic acids is 2. The molecule has 0 atom stereocenters. The van der Waals surface area contributed by atoms with Gasteiger partial charge in [-0.1, -0.05) is 6.92 Å². The minimum absolute atomic E-state index is 0.0177. The highest BCUT2D eigenvalue weighted by molar-refractivity contribution is 7.20. The van der Waals surface area contributed by atoms with Gasteiger partial charge in [0.05, 0.1) is 11.4 Å². The van der Waals surface area contributed by atoms with Crippen LogP contribution in [0.5, 0.6) is 0 Å². The Kier molecular flexibility index (Phi) is 5.07. The van der Waals surface area contributed by atoms with Crippen molar-refractivity contribution in [3.63, 3.8) is 0 Å². The van der Waals surface area contributed by atoms with Crippen molar-refractivity contribution in [2.45, 2.75) is 34.1 Å². The summed E-state index contributed by atoms with van der Waals surface area (Å²) in [6.45, 7) is 8.21. The zero-order valence-corrected chi connectivity index (χ0v) is 14.1. The molecule has 0 saturated carbocycles. The van der Waals surface area contributed by atoms with Crippen LogP contribution in [0.4, 0.5) is 0 Å². The second-order valence-corrected chi connectivity index (χ2v) is 6.12. The first-order valence-corrected chi connectivity index (χ1v) is 8.05. The van der Waals surface area contributed by atoms with E-state index in [0.29, 0.717) is 17.2 Å². The Labute approximate surface area is 133 Å². The van der Waals surface area contributed by atoms with Crippen molar-refractivity contribution in [1.82, 2.24) is 20.6 Å². The van der Waals surface area contributed by atoms with Gasteiger partial charge in [-0.25, -0.2) is 9.97 Å². The molecule has 2 rings (SSSR count). The second kappa shape index (κ2) is 6.83. The third-order valence-corrected chi connectivity index (χ3v) is 4.46. The maximum Gasteiger partial charge on any atom is 0.262 e. The van der Waals surface area contributed by atoms with E-state index in [1.807, 2.05) is 27.7 Å². The monoisotopic (exact) mass is 320 g/mol. The molecule has 6 nitrogen and oxygen atoms in total. The summed E-state index contributed by atoms with van der Waals surface area (Å²) in [5.74, 6) is 0.266. The summed E-state index contributed by atoms with van der Waals surface area (Å²) >= 11 is 1.33. The molecule has 0 aliphatic carbocycles. The number of thiophene rings is 1. The molecular formula is C15H20N4O2S. The number of nitrogens with one attached hydrogen (secondary N) is 2. The van der Waals surface area contributed by atoms with Crippen molar-refractivity contribution in [2.24, 2.45) is 0 Å². The van der Waals surface area contributed by atoms with Crippen molar-refractivity contribution < 1.29 is 9.59 Å². The first-order chi connectivity index (χ1) is 10.4. The van der Waals surface area contributed by atoms with Gasteiger partial charge in [-0.05, 0) is 32.8 Å². The Balaban J connectivity index is 2.17. The number of rotatable bonds is 5. The van der Waals surface area contributed by atoms with E-state index in [-0.39, 0.29) is 18.4 Å². The lowest BCUT2D eigenvalue weighted by Crippen LogP contribution is -2.37. The van der Waals surface area contributed by atoms with Gasteiger partial charge in [0.1, 0.15) is 10.7 Å². The van der Waals surface area contributed by atoms with Crippen LogP contribution in [0.25, 0.3) is 10.2 Å². The Bertz CT molecular complexity index is 724. The van der Waals surface area contributed by atoms with E-state index in [9.17, 15) is 9.59 Å². The molecule has 2 heterocycles. The molecular weight excluding hydrogens is 300 g/mol. The third-order valence-electron chi connectivity index (χ3n) is 3.27. The normalized spacial score (nSPS) is 10.7. The zero-order valence-electron chi connectivity index (χ0n) is 13.2. The number of fused-ring (bicyclic) bond motifs is 1. The summed E-state index contributed by atoms with van der Waals surface area (Å²) in [4.78, 5) is 33.9. The average molecular weight is 320 g/mol. The maximum absolute atomic E-state index is 12.3. The van der Waals surface area contributed by atoms with E-state index in [1.165, 1.54) is 11.3 Å². The fourth-order valence-corrected chi connectivity index (χ4v) is 3.45. The van der Waals surface area contributed by atoms with Crippen molar-refractivity contribution in [1.29, 1.82) is 0 Å². The summed E-state index contributed by atoms with van der Waals surface area (Å²) in [6, 6.07) is 0. The van der Waals surface area contributed by atoms with Crippen molar-refractivity contribution in [3.05, 3.63) is 22.0 Å². The van der Waals surface area contributed by atoms with E-state index in [1.54, 1.807) is 0 Å². The molecule has 0 aliphatic heterocycles. The molecule has 0 aliphatic rings. The van der Waals surface area contributed by atoms with Crippen LogP contribution in [-0.2, 0) is 4.79 Å². The number of aryl methyl sites for hydroxylation is 3. The van der Waals surface area contributed by atoms with Crippen LogP contribution in [0, 0.1) is 20.8 Å². The van der Waals surface area contributed by atoms with Crippen molar-refractivity contribution >= 4 is 33.4 Å². The quantitative estimate of drug-likeness (QED) is 0.881. The fourth-order valence-electron chi connectivity index (χ4n) is 2.26. The molecule has 0 fully saturated rings. The standard InChI is InChI=1S/C15H20N4O2S/c1-5-6-16-11(20)7-17-14(21)13-8(2)12-9(3)18-10(4)19-15(12)22-13/h5-7H2,1-4H3,(H,16,20)(H,17,21). The van der Waals surface area contributed by atoms with Gasteiger partial charge >= 0.3 is 0 Å². The molecule has 0 bridgehead atoms. The predicted molar refractivity (Wildman–Crippen MR) is 87.3 cm³/mol. The van der Waals surface area contributed by atoms with Gasteiger partial charge in [0, 0.05) is 17.6 Å². The summed E-state index contributed by atoms with van der Waals surface area (Å²) in [7, 11) is 0. The van der Waals surface area contributed by atoms with Gasteiger partial charge in [-0.3, -0.25) is 9.59 Å². The lowest BCUT2D eigenvalue weighted by molar-refractivity contribution is -0.120. The number of amides is 2. The molecule has 2 N–H and O–H groups in total. The molecule has 0 radical (unpaired) electrons. The molecule has 2 aromatic heterocycles. The van der Waals surface area contributed by atoms with E-state index < -0.39 is 0 Å². The molecule has 0 unspecified atom stereocenters. The molecule has 118 valence electrons. The number of hydrogen-bond acceptors (Lipinski definition) is 5. The van der Waals surface area contributed by atoms with E-state index in [4.69, 9.17) is 0 Å². The summed E-state index contributed by atoms with van der Waals surface area (Å²) in [6.07, 6.45) is 0.867. The SMILES string of the molecule is CCCNC(=O)CNC(=O)c1sc2nc(C)nc(C)c2c1C. The average Bonchev–Trinajstić information content (AvgIpc) is 2.79. The summed E-state index contributed by atoms with van der Waals surface area (Å²) in [5, 5.41) is 6.31. The van der Waals surface area contributed by atoms with Gasteiger partial charge in [0.25, 0.3) is 5.91 Å². The van der Waals surface area contributed by atoms with Gasteiger partial charge in [0.15, 0.2) is 0 Å². The lowest BCUT2D eigenvalue weighted by atomic mass is 10.1. The minimum Gasteiger partial charge on any atom is -0.355 e. The van der Waals surface area contributed by atoms with Crippen LogP contribution in [0.15, 0.2) is 0 Å². The molecule has 0 spiro atoms. The number of carbonyl (C=O) groups is 2. The first kappa shape index (κ1) is 16.4. The van der Waals surface area contributed by atoms with E-state index >= 15 is 0 Å². The largest absolute Gasteiger partial charge is 0.355 e. The van der Waals surface area contributed by atoms with Crippen LogP contribution in [0.1, 0.15) is 40.1 Å². The van der Waals surface area contributed by atoms with Crippen LogP contribution < -0.4 is 10.6 Å². The minimum atomic E-state index is -0.246. The van der Waals surface area contributed by atoms with E-state index in [0.717, 1.165) is 27.9 Å². The smallest absolute Gasteiger partial charge is 0.262 e. The van der Waals surface area contributed by atoms with Crippen molar-refractivity contribution in [2.75, 3.05) is 13.1 Å². The summed E-state index contributed by atoms with van der Waals surface area (Å²) in [5.41, 5.74) is 1.74. The van der Waals surface area contributed by atoms with Gasteiger partial charge in [-0.2, -0.15) is 0 Å². The highest BCUT2D eigenvalue weighted by Crippen LogP contribution is 2.30. The Morgan fingerprint density at radius 2 is 1.86 bits per heavy atom. The zero-order chi connectivity index (χ0) is 16.3. The van der Waals surface area contributed by atoms with Crippen molar-refractivity contribution in [3.8, 4) is 0 Å². The molecule has 2 amide bonds. The van der Waals surface area contributed by atoms with E-state index in [2.05, 4.69) is 20.6 Å². The highest BCUT2D eigenvalue weighted by Gasteiger charge is 2.18. The maximum atomic E-state index is 12.3. The number of aromatic nitrogens is 2. The van der Waals surface area contributed by atoms with Gasteiger partial charge in [-0.15, -0.1) is 11.3 Å². The van der Waals surface area contributed by atoms with Gasteiger partial charge in [0.2, 0.25) is 5.91 Å². The summed E-state index contributed by atoms with van der Waals surface area (Å²) < 4.78 is 0. The topological polar surface area (TPSA) is 84.0 Å². The Hall–Kier alpha value is -2.02. The number of nitrogens with zero attached hydrogens (tertiary/aromatic N) is 2. The molecule has 0 saturated heterocycles. The fraction of sp³-hybridized carbons (Fsp3) is 0.467.